The average Bonchev–Trinajstić information content (AvgIpc) is 3.15. The first-order chi connectivity index (χ1) is 17.7. The average molecular weight is 535 g/mol. The van der Waals surface area contributed by atoms with Crippen LogP contribution in [0.3, 0.4) is 0 Å². The molecule has 0 spiro atoms. The summed E-state index contributed by atoms with van der Waals surface area (Å²) in [5, 5.41) is 9.70. The molecule has 11 heteroatoms. The number of rotatable bonds is 3. The quantitative estimate of drug-likeness (QED) is 0.397. The monoisotopic (exact) mass is 534 g/mol. The molecule has 37 heavy (non-hydrogen) atoms. The van der Waals surface area contributed by atoms with Crippen LogP contribution >= 0.6 is 11.6 Å². The number of benzene rings is 1. The summed E-state index contributed by atoms with van der Waals surface area (Å²) in [5.41, 5.74) is 2.47. The number of nitrogens with zero attached hydrogens (tertiary/aromatic N) is 6. The first kappa shape index (κ1) is 24.6. The highest BCUT2D eigenvalue weighted by Crippen LogP contribution is 2.45. The fraction of sp³-hybridized carbons (Fsp3) is 0.500. The van der Waals surface area contributed by atoms with Crippen LogP contribution in [0.4, 0.5) is 23.4 Å². The second-order valence-electron chi connectivity index (χ2n) is 10.4. The summed E-state index contributed by atoms with van der Waals surface area (Å²) in [4.78, 5) is 8.50. The fourth-order valence-electron chi connectivity index (χ4n) is 5.79. The number of fused-ring (bicyclic) bond motifs is 3. The molecule has 1 aromatic carbocycles. The van der Waals surface area contributed by atoms with E-state index in [4.69, 9.17) is 11.6 Å². The van der Waals surface area contributed by atoms with Gasteiger partial charge in [0, 0.05) is 36.6 Å². The van der Waals surface area contributed by atoms with Crippen molar-refractivity contribution in [3.8, 4) is 5.69 Å². The number of hydrogen-bond acceptors (Lipinski definition) is 5. The van der Waals surface area contributed by atoms with Crippen molar-refractivity contribution in [2.75, 3.05) is 18.0 Å². The normalized spacial score (nSPS) is 22.8. The largest absolute Gasteiger partial charge is 0.391 e. The van der Waals surface area contributed by atoms with E-state index < -0.39 is 12.1 Å². The van der Waals surface area contributed by atoms with Crippen LogP contribution in [-0.2, 0) is 13.1 Å². The zero-order chi connectivity index (χ0) is 25.9. The summed E-state index contributed by atoms with van der Waals surface area (Å²) < 4.78 is 55.2. The van der Waals surface area contributed by atoms with Crippen molar-refractivity contribution in [3.63, 3.8) is 0 Å². The smallest absolute Gasteiger partial charge is 0.357 e. The third-order valence-corrected chi connectivity index (χ3v) is 8.30. The lowest BCUT2D eigenvalue weighted by Gasteiger charge is -2.43. The molecule has 2 aliphatic heterocycles. The first-order valence-corrected chi connectivity index (χ1v) is 13.0. The minimum absolute atomic E-state index is 0.107. The number of pyridine rings is 1. The Balaban J connectivity index is 1.25. The van der Waals surface area contributed by atoms with E-state index in [-0.39, 0.29) is 30.6 Å². The summed E-state index contributed by atoms with van der Waals surface area (Å²) >= 11 is 6.33. The second-order valence-corrected chi connectivity index (χ2v) is 10.8. The van der Waals surface area contributed by atoms with Crippen LogP contribution in [-0.4, -0.2) is 50.0 Å². The van der Waals surface area contributed by atoms with E-state index in [1.165, 1.54) is 6.20 Å². The van der Waals surface area contributed by atoms with Gasteiger partial charge < -0.3 is 4.90 Å². The zero-order valence-corrected chi connectivity index (χ0v) is 21.1. The standard InChI is InChI=1S/C26H27ClF4N6/c1-15-8-23(32-12-21(15)28)35-6-4-16(5-7-35)25-34-33-24-14-36(20-10-18(11-20)26(29,30)31)13-17-9-19(27)2-3-22(17)37(24)25/h2-3,8-9,12,16,18,20H,4-7,10-11,13-14H2,1H3. The molecule has 6 nitrogen and oxygen atoms in total. The lowest BCUT2D eigenvalue weighted by atomic mass is 9.78. The Morgan fingerprint density at radius 2 is 1.78 bits per heavy atom. The molecule has 0 atom stereocenters. The molecule has 1 aliphatic carbocycles. The van der Waals surface area contributed by atoms with E-state index in [1.54, 1.807) is 13.0 Å². The molecule has 2 fully saturated rings. The number of halogens is 5. The lowest BCUT2D eigenvalue weighted by Crippen LogP contribution is -2.48. The van der Waals surface area contributed by atoms with Crippen molar-refractivity contribution >= 4 is 17.4 Å². The van der Waals surface area contributed by atoms with E-state index in [9.17, 15) is 17.6 Å². The van der Waals surface area contributed by atoms with E-state index in [2.05, 4.69) is 29.5 Å². The molecule has 0 radical (unpaired) electrons. The summed E-state index contributed by atoms with van der Waals surface area (Å²) in [6.45, 7) is 4.20. The molecule has 0 bridgehead atoms. The second kappa shape index (κ2) is 9.23. The Morgan fingerprint density at radius 3 is 2.49 bits per heavy atom. The van der Waals surface area contributed by atoms with Crippen molar-refractivity contribution in [3.05, 3.63) is 64.1 Å². The van der Waals surface area contributed by atoms with E-state index in [0.717, 1.165) is 54.6 Å². The van der Waals surface area contributed by atoms with Crippen molar-refractivity contribution in [2.24, 2.45) is 5.92 Å². The van der Waals surface area contributed by atoms with Crippen LogP contribution in [0.5, 0.6) is 0 Å². The number of aryl methyl sites for hydroxylation is 1. The predicted octanol–water partition coefficient (Wildman–Crippen LogP) is 5.80. The van der Waals surface area contributed by atoms with Gasteiger partial charge in [-0.1, -0.05) is 11.6 Å². The minimum Gasteiger partial charge on any atom is -0.357 e. The highest BCUT2D eigenvalue weighted by atomic mass is 35.5. The summed E-state index contributed by atoms with van der Waals surface area (Å²) in [7, 11) is 0. The van der Waals surface area contributed by atoms with Crippen LogP contribution in [0.15, 0.2) is 30.5 Å². The number of anilines is 1. The van der Waals surface area contributed by atoms with Crippen LogP contribution < -0.4 is 4.90 Å². The van der Waals surface area contributed by atoms with Crippen LogP contribution in [0.2, 0.25) is 5.02 Å². The molecule has 6 rings (SSSR count). The maximum atomic E-state index is 13.7. The van der Waals surface area contributed by atoms with E-state index >= 15 is 0 Å². The van der Waals surface area contributed by atoms with E-state index in [1.807, 2.05) is 18.2 Å². The number of aromatic nitrogens is 4. The number of piperidine rings is 1. The highest BCUT2D eigenvalue weighted by Gasteiger charge is 2.49. The molecule has 0 N–H and O–H groups in total. The maximum absolute atomic E-state index is 13.7. The Bertz CT molecular complexity index is 1310. The first-order valence-electron chi connectivity index (χ1n) is 12.6. The fourth-order valence-corrected chi connectivity index (χ4v) is 5.99. The van der Waals surface area contributed by atoms with Crippen LogP contribution in [0.25, 0.3) is 5.69 Å². The maximum Gasteiger partial charge on any atom is 0.391 e. The number of hydrogen-bond donors (Lipinski definition) is 0. The third kappa shape index (κ3) is 4.58. The van der Waals surface area contributed by atoms with Crippen molar-refractivity contribution in [1.82, 2.24) is 24.6 Å². The molecule has 0 amide bonds. The van der Waals surface area contributed by atoms with Crippen molar-refractivity contribution < 1.29 is 17.6 Å². The Hall–Kier alpha value is -2.72. The molecule has 1 saturated heterocycles. The van der Waals surface area contributed by atoms with Crippen molar-refractivity contribution in [1.29, 1.82) is 0 Å². The third-order valence-electron chi connectivity index (χ3n) is 8.06. The van der Waals surface area contributed by atoms with E-state index in [0.29, 0.717) is 23.7 Å². The van der Waals surface area contributed by atoms with Gasteiger partial charge in [-0.15, -0.1) is 10.2 Å². The van der Waals surface area contributed by atoms with Gasteiger partial charge in [0.2, 0.25) is 0 Å². The highest BCUT2D eigenvalue weighted by molar-refractivity contribution is 6.30. The van der Waals surface area contributed by atoms with Gasteiger partial charge in [0.05, 0.1) is 24.3 Å². The lowest BCUT2D eigenvalue weighted by molar-refractivity contribution is -0.207. The zero-order valence-electron chi connectivity index (χ0n) is 20.3. The number of alkyl halides is 3. The minimum atomic E-state index is -4.15. The Kier molecular flexibility index (Phi) is 6.14. The molecule has 196 valence electrons. The van der Waals surface area contributed by atoms with Gasteiger partial charge in [0.25, 0.3) is 0 Å². The molecule has 3 aliphatic rings. The molecule has 1 saturated carbocycles. The topological polar surface area (TPSA) is 50.1 Å². The van der Waals surface area contributed by atoms with Gasteiger partial charge in [0.1, 0.15) is 17.5 Å². The van der Waals surface area contributed by atoms with Gasteiger partial charge in [0.15, 0.2) is 5.82 Å². The summed E-state index contributed by atoms with van der Waals surface area (Å²) in [5.74, 6) is 0.985. The molecule has 3 aromatic rings. The molecular formula is C26H27ClF4N6. The van der Waals surface area contributed by atoms with Crippen LogP contribution in [0, 0.1) is 18.7 Å². The molecule has 4 heterocycles. The van der Waals surface area contributed by atoms with Gasteiger partial charge in [-0.25, -0.2) is 9.37 Å². The molecule has 2 aromatic heterocycles. The van der Waals surface area contributed by atoms with Crippen molar-refractivity contribution in [2.45, 2.75) is 63.8 Å². The van der Waals surface area contributed by atoms with Gasteiger partial charge >= 0.3 is 6.18 Å². The van der Waals surface area contributed by atoms with Gasteiger partial charge in [-0.3, -0.25) is 9.47 Å². The van der Waals surface area contributed by atoms with Crippen LogP contribution in [0.1, 0.15) is 54.4 Å². The molecular weight excluding hydrogens is 508 g/mol. The SMILES string of the molecule is Cc1cc(N2CCC(c3nnc4n3-c3ccc(Cl)cc3CN(C3CC(C(F)(F)F)C3)C4)CC2)ncc1F. The van der Waals surface area contributed by atoms with Gasteiger partial charge in [-0.2, -0.15) is 13.2 Å². The Labute approximate surface area is 217 Å². The summed E-state index contributed by atoms with van der Waals surface area (Å²) in [6.07, 6.45) is -1.00. The summed E-state index contributed by atoms with van der Waals surface area (Å²) in [6, 6.07) is 7.31. The predicted molar refractivity (Wildman–Crippen MR) is 131 cm³/mol. The van der Waals surface area contributed by atoms with Gasteiger partial charge in [-0.05, 0) is 68.0 Å². The Morgan fingerprint density at radius 1 is 1.03 bits per heavy atom. The molecule has 0 unspecified atom stereocenters.